The molecule has 3 rings (SSSR count). The van der Waals surface area contributed by atoms with Gasteiger partial charge in [0.1, 0.15) is 6.04 Å². The summed E-state index contributed by atoms with van der Waals surface area (Å²) in [5, 5.41) is 16.2. The third-order valence-electron chi connectivity index (χ3n) is 4.58. The number of aryl methyl sites for hydroxylation is 2. The predicted molar refractivity (Wildman–Crippen MR) is 111 cm³/mol. The summed E-state index contributed by atoms with van der Waals surface area (Å²) in [7, 11) is 0. The molecule has 3 aromatic rings. The molecule has 8 nitrogen and oxygen atoms in total. The number of carbonyl (C=O) groups excluding carboxylic acids is 1. The van der Waals surface area contributed by atoms with Gasteiger partial charge in [0, 0.05) is 47.9 Å². The van der Waals surface area contributed by atoms with Crippen molar-refractivity contribution in [2.75, 3.05) is 11.9 Å². The Balaban J connectivity index is 1.50. The van der Waals surface area contributed by atoms with Gasteiger partial charge in [0.05, 0.1) is 0 Å². The lowest BCUT2D eigenvalue weighted by atomic mass is 10.0. The molecular formula is C21H25N5O3. The number of amides is 1. The number of aliphatic carboxylic acids is 1. The van der Waals surface area contributed by atoms with Gasteiger partial charge in [-0.25, -0.2) is 14.8 Å². The van der Waals surface area contributed by atoms with Crippen LogP contribution in [0.15, 0.2) is 36.5 Å². The molecule has 1 atom stereocenters. The Bertz CT molecular complexity index is 994. The van der Waals surface area contributed by atoms with Crippen LogP contribution >= 0.6 is 0 Å². The van der Waals surface area contributed by atoms with E-state index in [1.165, 1.54) is 0 Å². The van der Waals surface area contributed by atoms with Crippen LogP contribution in [0.4, 0.5) is 5.95 Å². The van der Waals surface area contributed by atoms with Crippen molar-refractivity contribution in [3.63, 3.8) is 0 Å². The summed E-state index contributed by atoms with van der Waals surface area (Å²) in [4.78, 5) is 35.5. The number of anilines is 1. The van der Waals surface area contributed by atoms with E-state index in [1.54, 1.807) is 6.20 Å². The lowest BCUT2D eigenvalue weighted by Gasteiger charge is -2.14. The number of aromatic amines is 1. The minimum atomic E-state index is -1.05. The predicted octanol–water partition coefficient (Wildman–Crippen LogP) is 2.58. The largest absolute Gasteiger partial charge is 0.480 e. The number of para-hydroxylation sites is 1. The minimum Gasteiger partial charge on any atom is -0.480 e. The molecule has 152 valence electrons. The van der Waals surface area contributed by atoms with Crippen molar-refractivity contribution < 1.29 is 14.7 Å². The zero-order valence-corrected chi connectivity index (χ0v) is 16.5. The van der Waals surface area contributed by atoms with Gasteiger partial charge in [-0.3, -0.25) is 4.79 Å². The fraction of sp³-hybridized carbons (Fsp3) is 0.333. The lowest BCUT2D eigenvalue weighted by Crippen LogP contribution is -2.42. The van der Waals surface area contributed by atoms with E-state index in [2.05, 4.69) is 25.6 Å². The van der Waals surface area contributed by atoms with Crippen molar-refractivity contribution >= 4 is 28.7 Å². The van der Waals surface area contributed by atoms with E-state index < -0.39 is 12.0 Å². The van der Waals surface area contributed by atoms with Crippen LogP contribution in [0.5, 0.6) is 0 Å². The van der Waals surface area contributed by atoms with Crippen molar-refractivity contribution in [1.29, 1.82) is 0 Å². The molecule has 2 aromatic heterocycles. The number of carboxylic acid groups (broad SMARTS) is 1. The molecule has 8 heteroatoms. The van der Waals surface area contributed by atoms with Crippen LogP contribution < -0.4 is 10.6 Å². The van der Waals surface area contributed by atoms with Gasteiger partial charge in [0.25, 0.3) is 0 Å². The number of carboxylic acids is 1. The maximum absolute atomic E-state index is 12.2. The molecule has 0 saturated carbocycles. The molecule has 0 aliphatic heterocycles. The second kappa shape index (κ2) is 9.18. The first-order valence-electron chi connectivity index (χ1n) is 9.55. The number of benzene rings is 1. The van der Waals surface area contributed by atoms with Gasteiger partial charge in [-0.15, -0.1) is 0 Å². The number of carbonyl (C=O) groups is 2. The Kier molecular flexibility index (Phi) is 6.43. The molecule has 2 heterocycles. The summed E-state index contributed by atoms with van der Waals surface area (Å²) < 4.78 is 0. The Morgan fingerprint density at radius 3 is 2.62 bits per heavy atom. The van der Waals surface area contributed by atoms with Gasteiger partial charge in [-0.05, 0) is 38.0 Å². The molecule has 0 fully saturated rings. The normalized spacial score (nSPS) is 11.9. The highest BCUT2D eigenvalue weighted by Gasteiger charge is 2.21. The molecule has 0 aliphatic rings. The van der Waals surface area contributed by atoms with Crippen molar-refractivity contribution in [3.8, 4) is 0 Å². The van der Waals surface area contributed by atoms with Gasteiger partial charge < -0.3 is 20.7 Å². The molecular weight excluding hydrogens is 370 g/mol. The third kappa shape index (κ3) is 5.54. The monoisotopic (exact) mass is 395 g/mol. The minimum absolute atomic E-state index is 0.218. The fourth-order valence-corrected chi connectivity index (χ4v) is 3.24. The van der Waals surface area contributed by atoms with Crippen molar-refractivity contribution in [2.45, 2.75) is 39.2 Å². The van der Waals surface area contributed by atoms with E-state index >= 15 is 0 Å². The van der Waals surface area contributed by atoms with Gasteiger partial charge >= 0.3 is 5.97 Å². The first-order valence-corrected chi connectivity index (χ1v) is 9.55. The van der Waals surface area contributed by atoms with Crippen LogP contribution in [0.25, 0.3) is 10.9 Å². The summed E-state index contributed by atoms with van der Waals surface area (Å²) in [6, 6.07) is 8.59. The topological polar surface area (TPSA) is 120 Å². The van der Waals surface area contributed by atoms with Gasteiger partial charge in [0.2, 0.25) is 11.9 Å². The molecule has 0 radical (unpaired) electrons. The molecule has 0 saturated heterocycles. The molecule has 4 N–H and O–H groups in total. The van der Waals surface area contributed by atoms with Crippen LogP contribution in [0.1, 0.15) is 29.8 Å². The average Bonchev–Trinajstić information content (AvgIpc) is 3.07. The van der Waals surface area contributed by atoms with Crippen LogP contribution in [-0.2, 0) is 16.0 Å². The number of rotatable bonds is 9. The van der Waals surface area contributed by atoms with E-state index in [-0.39, 0.29) is 18.7 Å². The highest BCUT2D eigenvalue weighted by atomic mass is 16.4. The van der Waals surface area contributed by atoms with Gasteiger partial charge in [-0.2, -0.15) is 0 Å². The zero-order chi connectivity index (χ0) is 20.8. The molecule has 1 unspecified atom stereocenters. The molecule has 1 aromatic carbocycles. The first-order chi connectivity index (χ1) is 13.9. The van der Waals surface area contributed by atoms with E-state index in [9.17, 15) is 14.7 Å². The quantitative estimate of drug-likeness (QED) is 0.413. The SMILES string of the molecule is Cc1cc(C)nc(NCCCC(=O)NC(Cc2c[nH]c3ccccc23)C(=O)O)n1. The van der Waals surface area contributed by atoms with E-state index in [1.807, 2.05) is 44.2 Å². The smallest absolute Gasteiger partial charge is 0.326 e. The Hall–Kier alpha value is -3.42. The molecule has 0 spiro atoms. The van der Waals surface area contributed by atoms with Gasteiger partial charge in [0.15, 0.2) is 0 Å². The summed E-state index contributed by atoms with van der Waals surface area (Å²) in [5.74, 6) is -0.809. The first kappa shape index (κ1) is 20.3. The fourth-order valence-electron chi connectivity index (χ4n) is 3.24. The van der Waals surface area contributed by atoms with Crippen molar-refractivity contribution in [1.82, 2.24) is 20.3 Å². The zero-order valence-electron chi connectivity index (χ0n) is 16.5. The third-order valence-corrected chi connectivity index (χ3v) is 4.58. The van der Waals surface area contributed by atoms with E-state index in [0.29, 0.717) is 18.9 Å². The molecule has 1 amide bonds. The van der Waals surface area contributed by atoms with E-state index in [4.69, 9.17) is 0 Å². The van der Waals surface area contributed by atoms with E-state index in [0.717, 1.165) is 27.9 Å². The molecule has 0 bridgehead atoms. The summed E-state index contributed by atoms with van der Waals surface area (Å²) in [6.07, 6.45) is 2.78. The van der Waals surface area contributed by atoms with Crippen LogP contribution in [0, 0.1) is 13.8 Å². The number of hydrogen-bond acceptors (Lipinski definition) is 5. The number of nitrogens with zero attached hydrogens (tertiary/aromatic N) is 2. The molecule has 29 heavy (non-hydrogen) atoms. The highest BCUT2D eigenvalue weighted by molar-refractivity contribution is 5.86. The average molecular weight is 395 g/mol. The number of hydrogen-bond donors (Lipinski definition) is 4. The standard InChI is InChI=1S/C21H25N5O3/c1-13-10-14(2)25-21(24-13)22-9-5-8-19(27)26-18(20(28)29)11-15-12-23-17-7-4-3-6-16(15)17/h3-4,6-7,10,12,18,23H,5,8-9,11H2,1-2H3,(H,26,27)(H,28,29)(H,22,24,25). The highest BCUT2D eigenvalue weighted by Crippen LogP contribution is 2.19. The summed E-state index contributed by atoms with van der Waals surface area (Å²) in [5.41, 5.74) is 3.55. The van der Waals surface area contributed by atoms with Crippen LogP contribution in [0.3, 0.4) is 0 Å². The second-order valence-electron chi connectivity index (χ2n) is 7.03. The maximum Gasteiger partial charge on any atom is 0.326 e. The van der Waals surface area contributed by atoms with Crippen molar-refractivity contribution in [3.05, 3.63) is 53.5 Å². The maximum atomic E-state index is 12.2. The lowest BCUT2D eigenvalue weighted by molar-refractivity contribution is -0.141. The number of nitrogens with one attached hydrogen (secondary N) is 3. The number of fused-ring (bicyclic) bond motifs is 1. The summed E-state index contributed by atoms with van der Waals surface area (Å²) in [6.45, 7) is 4.32. The second-order valence-corrected chi connectivity index (χ2v) is 7.03. The van der Waals surface area contributed by atoms with Crippen LogP contribution in [-0.4, -0.2) is 44.5 Å². The Labute approximate surface area is 168 Å². The van der Waals surface area contributed by atoms with Gasteiger partial charge in [-0.1, -0.05) is 18.2 Å². The Morgan fingerprint density at radius 2 is 1.90 bits per heavy atom. The number of aromatic nitrogens is 3. The van der Waals surface area contributed by atoms with Crippen LogP contribution in [0.2, 0.25) is 0 Å². The number of H-pyrrole nitrogens is 1. The Morgan fingerprint density at radius 1 is 1.17 bits per heavy atom. The van der Waals surface area contributed by atoms with Crippen molar-refractivity contribution in [2.24, 2.45) is 0 Å². The summed E-state index contributed by atoms with van der Waals surface area (Å²) >= 11 is 0. The molecule has 0 aliphatic carbocycles.